The lowest BCUT2D eigenvalue weighted by Crippen LogP contribution is -2.13. The Morgan fingerprint density at radius 2 is 2.12 bits per heavy atom. The number of hydrogen-bond donors (Lipinski definition) is 0. The minimum absolute atomic E-state index is 0.260. The fourth-order valence-corrected chi connectivity index (χ4v) is 1.57. The van der Waals surface area contributed by atoms with Crippen LogP contribution < -0.4 is 0 Å². The molecule has 0 fully saturated rings. The van der Waals surface area contributed by atoms with Gasteiger partial charge in [-0.15, -0.1) is 0 Å². The number of benzene rings is 1. The van der Waals surface area contributed by atoms with Crippen LogP contribution in [0.5, 0.6) is 0 Å². The second-order valence-corrected chi connectivity index (χ2v) is 4.39. The smallest absolute Gasteiger partial charge is 0.435 e. The molecule has 2 rings (SSSR count). The number of carbonyl (C=O) groups is 1. The molecule has 4 nitrogen and oxygen atoms in total. The fraction of sp³-hybridized carbons (Fsp3) is 0.0909. The molecule has 2 aromatic rings. The summed E-state index contributed by atoms with van der Waals surface area (Å²) in [6.45, 7) is 0.260. The van der Waals surface area contributed by atoms with Crippen LogP contribution in [0.15, 0.2) is 42.7 Å². The van der Waals surface area contributed by atoms with Gasteiger partial charge in [0.2, 0.25) is 0 Å². The highest BCUT2D eigenvalue weighted by molar-refractivity contribution is 14.1. The monoisotopic (exact) mass is 328 g/mol. The largest absolute Gasteiger partial charge is 0.443 e. The van der Waals surface area contributed by atoms with Gasteiger partial charge in [0.15, 0.2) is 0 Å². The van der Waals surface area contributed by atoms with Gasteiger partial charge in [-0.05, 0) is 28.2 Å². The molecule has 0 unspecified atom stereocenters. The van der Waals surface area contributed by atoms with E-state index in [1.807, 2.05) is 30.3 Å². The first-order valence-corrected chi connectivity index (χ1v) is 5.75. The summed E-state index contributed by atoms with van der Waals surface area (Å²) in [6, 6.07) is 9.53. The molecule has 0 atom stereocenters. The first kappa shape index (κ1) is 11.1. The summed E-state index contributed by atoms with van der Waals surface area (Å²) in [7, 11) is 0. The highest BCUT2D eigenvalue weighted by Crippen LogP contribution is 2.04. The van der Waals surface area contributed by atoms with Crippen LogP contribution in [0.4, 0.5) is 4.79 Å². The van der Waals surface area contributed by atoms with Gasteiger partial charge >= 0.3 is 6.09 Å². The highest BCUT2D eigenvalue weighted by Gasteiger charge is 2.07. The molecule has 5 heteroatoms. The summed E-state index contributed by atoms with van der Waals surface area (Å²) >= 11 is 2.08. The van der Waals surface area contributed by atoms with Crippen LogP contribution in [-0.4, -0.2) is 15.9 Å². The Bertz CT molecular complexity index is 482. The van der Waals surface area contributed by atoms with Crippen LogP contribution in [0.25, 0.3) is 0 Å². The number of carbonyl (C=O) groups excluding carboxylic acids is 1. The molecular weight excluding hydrogens is 319 g/mol. The molecule has 0 spiro atoms. The van der Waals surface area contributed by atoms with Crippen LogP contribution in [0.2, 0.25) is 0 Å². The first-order valence-electron chi connectivity index (χ1n) is 4.67. The van der Waals surface area contributed by atoms with Gasteiger partial charge in [-0.3, -0.25) is 0 Å². The van der Waals surface area contributed by atoms with Crippen molar-refractivity contribution in [3.63, 3.8) is 0 Å². The Morgan fingerprint density at radius 3 is 2.75 bits per heavy atom. The lowest BCUT2D eigenvalue weighted by Gasteiger charge is -2.03. The maximum Gasteiger partial charge on any atom is 0.435 e. The Hall–Kier alpha value is -1.37. The molecule has 0 aliphatic heterocycles. The lowest BCUT2D eigenvalue weighted by molar-refractivity contribution is 0.138. The lowest BCUT2D eigenvalue weighted by atomic mass is 10.2. The molecule has 0 saturated carbocycles. The number of hydrogen-bond acceptors (Lipinski definition) is 3. The van der Waals surface area contributed by atoms with Gasteiger partial charge in [0.1, 0.15) is 6.61 Å². The van der Waals surface area contributed by atoms with Crippen molar-refractivity contribution in [3.8, 4) is 0 Å². The van der Waals surface area contributed by atoms with Gasteiger partial charge in [-0.2, -0.15) is 9.78 Å². The molecule has 0 N–H and O–H groups in total. The summed E-state index contributed by atoms with van der Waals surface area (Å²) in [5, 5.41) is 3.86. The molecule has 16 heavy (non-hydrogen) atoms. The van der Waals surface area contributed by atoms with Crippen LogP contribution in [0, 0.1) is 3.57 Å². The molecule has 1 aromatic carbocycles. The first-order chi connectivity index (χ1) is 7.75. The molecule has 0 aliphatic carbocycles. The van der Waals surface area contributed by atoms with Crippen LogP contribution >= 0.6 is 22.6 Å². The number of nitrogens with zero attached hydrogens (tertiary/aromatic N) is 2. The van der Waals surface area contributed by atoms with E-state index in [9.17, 15) is 4.79 Å². The summed E-state index contributed by atoms with van der Waals surface area (Å²) in [4.78, 5) is 11.5. The van der Waals surface area contributed by atoms with Gasteiger partial charge in [-0.1, -0.05) is 30.3 Å². The van der Waals surface area contributed by atoms with Crippen molar-refractivity contribution in [3.05, 3.63) is 51.9 Å². The van der Waals surface area contributed by atoms with Crippen molar-refractivity contribution >= 4 is 28.7 Å². The number of ether oxygens (including phenoxy) is 1. The maximum absolute atomic E-state index is 11.5. The number of rotatable bonds is 2. The average molecular weight is 328 g/mol. The highest BCUT2D eigenvalue weighted by atomic mass is 127. The zero-order chi connectivity index (χ0) is 11.4. The van der Waals surface area contributed by atoms with Crippen LogP contribution in [0.3, 0.4) is 0 Å². The van der Waals surface area contributed by atoms with Crippen molar-refractivity contribution in [2.75, 3.05) is 0 Å². The minimum Gasteiger partial charge on any atom is -0.443 e. The van der Waals surface area contributed by atoms with Gasteiger partial charge in [0.25, 0.3) is 0 Å². The van der Waals surface area contributed by atoms with Gasteiger partial charge in [-0.25, -0.2) is 4.79 Å². The number of aromatic nitrogens is 2. The van der Waals surface area contributed by atoms with Crippen LogP contribution in [0.1, 0.15) is 5.56 Å². The third kappa shape index (κ3) is 2.82. The van der Waals surface area contributed by atoms with E-state index in [0.717, 1.165) is 9.13 Å². The fourth-order valence-electron chi connectivity index (χ4n) is 1.19. The van der Waals surface area contributed by atoms with Crippen LogP contribution in [-0.2, 0) is 11.3 Å². The summed E-state index contributed by atoms with van der Waals surface area (Å²) < 4.78 is 7.17. The Morgan fingerprint density at radius 1 is 1.38 bits per heavy atom. The Kier molecular flexibility index (Phi) is 3.55. The maximum atomic E-state index is 11.5. The standard InChI is InChI=1S/C11H9IN2O2/c12-10-6-13-14(7-10)11(15)16-8-9-4-2-1-3-5-9/h1-7H,8H2. The Balaban J connectivity index is 1.94. The van der Waals surface area contributed by atoms with Gasteiger partial charge in [0.05, 0.1) is 16.0 Å². The molecule has 1 aromatic heterocycles. The van der Waals surface area contributed by atoms with Crippen molar-refractivity contribution < 1.29 is 9.53 Å². The van der Waals surface area contributed by atoms with E-state index in [2.05, 4.69) is 27.7 Å². The van der Waals surface area contributed by atoms with E-state index in [4.69, 9.17) is 4.74 Å². The molecule has 1 heterocycles. The molecule has 0 radical (unpaired) electrons. The summed E-state index contributed by atoms with van der Waals surface area (Å²) in [5.74, 6) is 0. The quantitative estimate of drug-likeness (QED) is 0.796. The number of halogens is 1. The van der Waals surface area contributed by atoms with E-state index in [-0.39, 0.29) is 6.61 Å². The zero-order valence-corrected chi connectivity index (χ0v) is 10.5. The topological polar surface area (TPSA) is 44.1 Å². The van der Waals surface area contributed by atoms with Crippen molar-refractivity contribution in [1.82, 2.24) is 9.78 Å². The normalized spacial score (nSPS) is 10.1. The minimum atomic E-state index is -0.466. The van der Waals surface area contributed by atoms with E-state index in [0.29, 0.717) is 0 Å². The van der Waals surface area contributed by atoms with E-state index >= 15 is 0 Å². The predicted octanol–water partition coefficient (Wildman–Crippen LogP) is 2.67. The van der Waals surface area contributed by atoms with E-state index < -0.39 is 6.09 Å². The second kappa shape index (κ2) is 5.11. The van der Waals surface area contributed by atoms with Gasteiger partial charge < -0.3 is 4.74 Å². The molecule has 0 saturated heterocycles. The van der Waals surface area contributed by atoms with E-state index in [1.165, 1.54) is 4.68 Å². The SMILES string of the molecule is O=C(OCc1ccccc1)n1cc(I)cn1. The summed E-state index contributed by atoms with van der Waals surface area (Å²) in [6.07, 6.45) is 2.75. The zero-order valence-electron chi connectivity index (χ0n) is 8.34. The molecular formula is C11H9IN2O2. The summed E-state index contributed by atoms with van der Waals surface area (Å²) in [5.41, 5.74) is 0.956. The third-order valence-corrected chi connectivity index (χ3v) is 2.50. The van der Waals surface area contributed by atoms with Crippen molar-refractivity contribution in [1.29, 1.82) is 0 Å². The molecule has 0 bridgehead atoms. The van der Waals surface area contributed by atoms with E-state index in [1.54, 1.807) is 12.4 Å². The molecule has 82 valence electrons. The van der Waals surface area contributed by atoms with Crippen molar-refractivity contribution in [2.24, 2.45) is 0 Å². The average Bonchev–Trinajstić information content (AvgIpc) is 2.74. The van der Waals surface area contributed by atoms with Crippen molar-refractivity contribution in [2.45, 2.75) is 6.61 Å². The Labute approximate surface area is 106 Å². The molecule has 0 aliphatic rings. The predicted molar refractivity (Wildman–Crippen MR) is 67.0 cm³/mol. The third-order valence-electron chi connectivity index (χ3n) is 1.94. The second-order valence-electron chi connectivity index (χ2n) is 3.14. The molecule has 0 amide bonds. The van der Waals surface area contributed by atoms with Gasteiger partial charge in [0, 0.05) is 0 Å².